The molecule has 0 spiro atoms. The summed E-state index contributed by atoms with van der Waals surface area (Å²) in [5.74, 6) is -1.31. The standard InChI is InChI=1S/C19H38O6/c1-3-4-5-6-7-8-9-10-11-12-13-19(24-2)18(23)16(22)17(25-19)15(21)14-20/h15-18,20-23H,3-14H2,1-2H3/t15-,16+,17-,18-,19-/m1/s1. The van der Waals surface area contributed by atoms with Gasteiger partial charge in [0.2, 0.25) is 0 Å². The molecule has 0 radical (unpaired) electrons. The zero-order valence-corrected chi connectivity index (χ0v) is 15.9. The van der Waals surface area contributed by atoms with Gasteiger partial charge in [-0.2, -0.15) is 0 Å². The smallest absolute Gasteiger partial charge is 0.197 e. The predicted molar refractivity (Wildman–Crippen MR) is 96.2 cm³/mol. The quantitative estimate of drug-likeness (QED) is 0.353. The topological polar surface area (TPSA) is 99.4 Å². The van der Waals surface area contributed by atoms with Gasteiger partial charge >= 0.3 is 0 Å². The predicted octanol–water partition coefficient (Wildman–Crippen LogP) is 2.11. The Hall–Kier alpha value is -0.240. The average molecular weight is 363 g/mol. The van der Waals surface area contributed by atoms with Crippen LogP contribution in [0.4, 0.5) is 0 Å². The highest BCUT2D eigenvalue weighted by atomic mass is 16.7. The summed E-state index contributed by atoms with van der Waals surface area (Å²) in [7, 11) is 1.43. The van der Waals surface area contributed by atoms with Crippen molar-refractivity contribution in [3.63, 3.8) is 0 Å². The molecular weight excluding hydrogens is 324 g/mol. The Labute approximate surface area is 152 Å². The van der Waals surface area contributed by atoms with Gasteiger partial charge in [0.1, 0.15) is 24.4 Å². The summed E-state index contributed by atoms with van der Waals surface area (Å²) in [5.41, 5.74) is 0. The fraction of sp³-hybridized carbons (Fsp3) is 1.00. The van der Waals surface area contributed by atoms with Crippen molar-refractivity contribution in [3.05, 3.63) is 0 Å². The van der Waals surface area contributed by atoms with E-state index < -0.39 is 36.8 Å². The number of hydrogen-bond donors (Lipinski definition) is 4. The maximum absolute atomic E-state index is 10.3. The van der Waals surface area contributed by atoms with Crippen molar-refractivity contribution in [2.24, 2.45) is 0 Å². The zero-order valence-electron chi connectivity index (χ0n) is 15.9. The van der Waals surface area contributed by atoms with Gasteiger partial charge in [0.25, 0.3) is 0 Å². The Morgan fingerprint density at radius 2 is 1.48 bits per heavy atom. The van der Waals surface area contributed by atoms with Gasteiger partial charge < -0.3 is 29.9 Å². The van der Waals surface area contributed by atoms with Gasteiger partial charge in [-0.1, -0.05) is 64.7 Å². The molecule has 0 saturated carbocycles. The Bertz CT molecular complexity index is 340. The van der Waals surface area contributed by atoms with Gasteiger partial charge in [0, 0.05) is 13.5 Å². The minimum absolute atomic E-state index is 0.451. The van der Waals surface area contributed by atoms with Gasteiger partial charge in [-0.15, -0.1) is 0 Å². The summed E-state index contributed by atoms with van der Waals surface area (Å²) >= 11 is 0. The molecule has 0 unspecified atom stereocenters. The largest absolute Gasteiger partial charge is 0.394 e. The lowest BCUT2D eigenvalue weighted by Crippen LogP contribution is -2.45. The summed E-state index contributed by atoms with van der Waals surface area (Å²) < 4.78 is 11.0. The molecule has 0 aliphatic carbocycles. The molecule has 6 heteroatoms. The van der Waals surface area contributed by atoms with Gasteiger partial charge in [-0.05, 0) is 6.42 Å². The molecule has 1 aliphatic heterocycles. The molecule has 1 heterocycles. The summed E-state index contributed by atoms with van der Waals surface area (Å²) in [6, 6.07) is 0. The second kappa shape index (κ2) is 12.2. The SMILES string of the molecule is CCCCCCCCCCCC[C@@]1(OC)O[C@H]([C@H](O)CO)[C@H](O)[C@H]1O. The molecule has 0 aromatic carbocycles. The van der Waals surface area contributed by atoms with Crippen LogP contribution in [0.1, 0.15) is 77.6 Å². The first kappa shape index (κ1) is 22.8. The summed E-state index contributed by atoms with van der Waals surface area (Å²) in [5, 5.41) is 39.1. The normalized spacial score (nSPS) is 30.7. The van der Waals surface area contributed by atoms with Crippen molar-refractivity contribution in [1.82, 2.24) is 0 Å². The lowest BCUT2D eigenvalue weighted by atomic mass is 9.97. The molecule has 25 heavy (non-hydrogen) atoms. The Balaban J connectivity index is 2.25. The van der Waals surface area contributed by atoms with E-state index in [0.717, 1.165) is 19.3 Å². The number of rotatable bonds is 14. The molecule has 0 aromatic rings. The van der Waals surface area contributed by atoms with E-state index in [9.17, 15) is 15.3 Å². The summed E-state index contributed by atoms with van der Waals surface area (Å²) in [4.78, 5) is 0. The highest BCUT2D eigenvalue weighted by Crippen LogP contribution is 2.37. The first-order valence-electron chi connectivity index (χ1n) is 9.90. The molecule has 6 nitrogen and oxygen atoms in total. The molecule has 0 amide bonds. The van der Waals surface area contributed by atoms with Crippen molar-refractivity contribution < 1.29 is 29.9 Å². The maximum atomic E-state index is 10.3. The first-order valence-corrected chi connectivity index (χ1v) is 9.90. The average Bonchev–Trinajstić information content (AvgIpc) is 2.88. The molecular formula is C19H38O6. The molecule has 1 aliphatic rings. The molecule has 1 saturated heterocycles. The van der Waals surface area contributed by atoms with E-state index in [2.05, 4.69) is 6.92 Å². The highest BCUT2D eigenvalue weighted by Gasteiger charge is 2.56. The molecule has 5 atom stereocenters. The van der Waals surface area contributed by atoms with Gasteiger partial charge in [0.05, 0.1) is 6.61 Å². The number of ether oxygens (including phenoxy) is 2. The first-order chi connectivity index (χ1) is 12.0. The van der Waals surface area contributed by atoms with Crippen LogP contribution in [-0.4, -0.2) is 64.3 Å². The van der Waals surface area contributed by atoms with Crippen LogP contribution in [0.25, 0.3) is 0 Å². The van der Waals surface area contributed by atoms with Crippen LogP contribution in [0.15, 0.2) is 0 Å². The minimum atomic E-state index is -1.31. The fourth-order valence-electron chi connectivity index (χ4n) is 3.56. The van der Waals surface area contributed by atoms with Crippen molar-refractivity contribution in [2.45, 2.75) is 108 Å². The second-order valence-electron chi connectivity index (χ2n) is 7.22. The van der Waals surface area contributed by atoms with Gasteiger partial charge in [0.15, 0.2) is 5.79 Å². The Kier molecular flexibility index (Phi) is 11.1. The van der Waals surface area contributed by atoms with E-state index in [0.29, 0.717) is 6.42 Å². The van der Waals surface area contributed by atoms with Crippen LogP contribution in [0.3, 0.4) is 0 Å². The highest BCUT2D eigenvalue weighted by molar-refractivity contribution is 4.98. The monoisotopic (exact) mass is 362 g/mol. The van der Waals surface area contributed by atoms with Crippen LogP contribution in [-0.2, 0) is 9.47 Å². The van der Waals surface area contributed by atoms with Gasteiger partial charge in [-0.3, -0.25) is 0 Å². The third-order valence-electron chi connectivity index (χ3n) is 5.24. The summed E-state index contributed by atoms with van der Waals surface area (Å²) in [6.45, 7) is 1.69. The van der Waals surface area contributed by atoms with E-state index in [-0.39, 0.29) is 0 Å². The zero-order chi connectivity index (χ0) is 18.7. The van der Waals surface area contributed by atoms with Crippen LogP contribution in [0.2, 0.25) is 0 Å². The number of methoxy groups -OCH3 is 1. The third-order valence-corrected chi connectivity index (χ3v) is 5.24. The number of aliphatic hydroxyl groups is 4. The lowest BCUT2D eigenvalue weighted by molar-refractivity contribution is -0.257. The van der Waals surface area contributed by atoms with Crippen LogP contribution >= 0.6 is 0 Å². The maximum Gasteiger partial charge on any atom is 0.197 e. The van der Waals surface area contributed by atoms with Crippen molar-refractivity contribution in [3.8, 4) is 0 Å². The summed E-state index contributed by atoms with van der Waals surface area (Å²) in [6.07, 6.45) is 7.68. The molecule has 150 valence electrons. The molecule has 1 fully saturated rings. The van der Waals surface area contributed by atoms with Crippen molar-refractivity contribution in [1.29, 1.82) is 0 Å². The Morgan fingerprint density at radius 3 is 1.96 bits per heavy atom. The van der Waals surface area contributed by atoms with E-state index in [1.807, 2.05) is 0 Å². The second-order valence-corrected chi connectivity index (χ2v) is 7.22. The van der Waals surface area contributed by atoms with Crippen LogP contribution in [0, 0.1) is 0 Å². The molecule has 0 bridgehead atoms. The number of unbranched alkanes of at least 4 members (excludes halogenated alkanes) is 9. The Morgan fingerprint density at radius 1 is 0.960 bits per heavy atom. The lowest BCUT2D eigenvalue weighted by Gasteiger charge is -2.31. The third kappa shape index (κ3) is 6.77. The fourth-order valence-corrected chi connectivity index (χ4v) is 3.56. The molecule has 4 N–H and O–H groups in total. The molecule has 1 rings (SSSR count). The van der Waals surface area contributed by atoms with E-state index in [4.69, 9.17) is 14.6 Å². The number of aliphatic hydroxyl groups excluding tert-OH is 4. The van der Waals surface area contributed by atoms with Crippen molar-refractivity contribution >= 4 is 0 Å². The van der Waals surface area contributed by atoms with Crippen LogP contribution in [0.5, 0.6) is 0 Å². The van der Waals surface area contributed by atoms with E-state index >= 15 is 0 Å². The van der Waals surface area contributed by atoms with Crippen molar-refractivity contribution in [2.75, 3.05) is 13.7 Å². The van der Waals surface area contributed by atoms with Gasteiger partial charge in [-0.25, -0.2) is 0 Å². The van der Waals surface area contributed by atoms with E-state index in [1.165, 1.54) is 52.1 Å². The minimum Gasteiger partial charge on any atom is -0.394 e. The molecule has 0 aromatic heterocycles. The number of hydrogen-bond acceptors (Lipinski definition) is 6. The van der Waals surface area contributed by atoms with E-state index in [1.54, 1.807) is 0 Å². The van der Waals surface area contributed by atoms with Crippen LogP contribution < -0.4 is 0 Å².